The first kappa shape index (κ1) is 13.3. The van der Waals surface area contributed by atoms with E-state index in [1.54, 1.807) is 7.05 Å². The van der Waals surface area contributed by atoms with Gasteiger partial charge >= 0.3 is 12.0 Å². The second kappa shape index (κ2) is 5.51. The zero-order valence-corrected chi connectivity index (χ0v) is 9.68. The number of rotatable bonds is 5. The number of aliphatic carboxylic acids is 1. The van der Waals surface area contributed by atoms with E-state index >= 15 is 0 Å². The summed E-state index contributed by atoms with van der Waals surface area (Å²) < 4.78 is 0. The standard InChI is InChI=1S/C10H17N3O4/c1-13(6-3-2-4-6)10(17)12-7(9(15)16)5-8(11)14/h6-7H,2-5H2,1H3,(H2,11,14)(H,12,17)(H,15,16)/t7-/m1/s1. The van der Waals surface area contributed by atoms with E-state index in [-0.39, 0.29) is 6.04 Å². The van der Waals surface area contributed by atoms with Crippen LogP contribution in [0.5, 0.6) is 0 Å². The molecule has 0 aromatic carbocycles. The quantitative estimate of drug-likeness (QED) is 0.604. The van der Waals surface area contributed by atoms with Crippen molar-refractivity contribution in [2.24, 2.45) is 5.73 Å². The molecule has 0 bridgehead atoms. The molecule has 0 aromatic heterocycles. The molecule has 0 aliphatic heterocycles. The summed E-state index contributed by atoms with van der Waals surface area (Å²) in [5.74, 6) is -2.02. The summed E-state index contributed by atoms with van der Waals surface area (Å²) in [4.78, 5) is 34.6. The van der Waals surface area contributed by atoms with E-state index in [2.05, 4.69) is 5.32 Å². The Morgan fingerprint density at radius 2 is 2.06 bits per heavy atom. The van der Waals surface area contributed by atoms with Gasteiger partial charge in [-0.1, -0.05) is 0 Å². The summed E-state index contributed by atoms with van der Waals surface area (Å²) in [6, 6.07) is -1.58. The first-order chi connectivity index (χ1) is 7.91. The van der Waals surface area contributed by atoms with E-state index in [0.29, 0.717) is 0 Å². The van der Waals surface area contributed by atoms with Crippen molar-refractivity contribution in [3.05, 3.63) is 0 Å². The number of nitrogens with zero attached hydrogens (tertiary/aromatic N) is 1. The minimum Gasteiger partial charge on any atom is -0.480 e. The van der Waals surface area contributed by atoms with Gasteiger partial charge in [-0.15, -0.1) is 0 Å². The van der Waals surface area contributed by atoms with Gasteiger partial charge in [-0.05, 0) is 19.3 Å². The van der Waals surface area contributed by atoms with Gasteiger partial charge in [-0.25, -0.2) is 9.59 Å². The predicted octanol–water partition coefficient (Wildman–Crippen LogP) is -0.491. The third-order valence-electron chi connectivity index (χ3n) is 2.94. The van der Waals surface area contributed by atoms with E-state index in [0.717, 1.165) is 19.3 Å². The molecule has 0 spiro atoms. The highest BCUT2D eigenvalue weighted by Crippen LogP contribution is 2.23. The summed E-state index contributed by atoms with van der Waals surface area (Å²) in [7, 11) is 1.61. The number of nitrogens with two attached hydrogens (primary N) is 1. The Hall–Kier alpha value is -1.79. The SMILES string of the molecule is CN(C(=O)N[C@H](CC(N)=O)C(=O)O)C1CCC1. The van der Waals surface area contributed by atoms with Crippen LogP contribution in [0.2, 0.25) is 0 Å². The number of nitrogens with one attached hydrogen (secondary N) is 1. The molecule has 7 heteroatoms. The molecular formula is C10H17N3O4. The fourth-order valence-electron chi connectivity index (χ4n) is 1.59. The molecule has 1 aliphatic carbocycles. The number of hydrogen-bond acceptors (Lipinski definition) is 3. The molecule has 0 radical (unpaired) electrons. The molecule has 1 fully saturated rings. The average Bonchev–Trinajstić information content (AvgIpc) is 2.12. The maximum absolute atomic E-state index is 11.7. The van der Waals surface area contributed by atoms with E-state index < -0.39 is 30.4 Å². The van der Waals surface area contributed by atoms with Crippen LogP contribution in [0.4, 0.5) is 4.79 Å². The van der Waals surface area contributed by atoms with Crippen LogP contribution in [0.25, 0.3) is 0 Å². The van der Waals surface area contributed by atoms with Crippen LogP contribution in [0, 0.1) is 0 Å². The van der Waals surface area contributed by atoms with E-state index in [1.165, 1.54) is 4.90 Å². The lowest BCUT2D eigenvalue weighted by atomic mass is 9.92. The maximum Gasteiger partial charge on any atom is 0.326 e. The third-order valence-corrected chi connectivity index (χ3v) is 2.94. The largest absolute Gasteiger partial charge is 0.480 e. The molecule has 1 atom stereocenters. The molecule has 1 rings (SSSR count). The molecule has 4 N–H and O–H groups in total. The normalized spacial score (nSPS) is 16.8. The second-order valence-electron chi connectivity index (χ2n) is 4.21. The lowest BCUT2D eigenvalue weighted by molar-refractivity contribution is -0.141. The molecule has 96 valence electrons. The molecule has 0 heterocycles. The molecule has 7 nitrogen and oxygen atoms in total. The number of carboxylic acid groups (broad SMARTS) is 1. The van der Waals surface area contributed by atoms with Crippen molar-refractivity contribution < 1.29 is 19.5 Å². The summed E-state index contributed by atoms with van der Waals surface area (Å²) in [6.45, 7) is 0. The van der Waals surface area contributed by atoms with Crippen LogP contribution >= 0.6 is 0 Å². The highest BCUT2D eigenvalue weighted by molar-refractivity contribution is 5.87. The van der Waals surface area contributed by atoms with Crippen molar-refractivity contribution in [2.45, 2.75) is 37.8 Å². The summed E-state index contributed by atoms with van der Waals surface area (Å²) in [5.41, 5.74) is 4.91. The van der Waals surface area contributed by atoms with E-state index in [1.807, 2.05) is 0 Å². The minimum atomic E-state index is -1.26. The lowest BCUT2D eigenvalue weighted by Crippen LogP contribution is -2.52. The third kappa shape index (κ3) is 3.61. The van der Waals surface area contributed by atoms with Gasteiger partial charge in [-0.2, -0.15) is 0 Å². The Balaban J connectivity index is 2.50. The summed E-state index contributed by atoms with van der Waals surface area (Å²) in [6.07, 6.45) is 2.53. The molecule has 17 heavy (non-hydrogen) atoms. The van der Waals surface area contributed by atoms with Gasteiger partial charge in [0.15, 0.2) is 0 Å². The van der Waals surface area contributed by atoms with Gasteiger partial charge in [0.1, 0.15) is 6.04 Å². The van der Waals surface area contributed by atoms with Crippen LogP contribution in [0.15, 0.2) is 0 Å². The number of hydrogen-bond donors (Lipinski definition) is 3. The van der Waals surface area contributed by atoms with Crippen molar-refractivity contribution in [2.75, 3.05) is 7.05 Å². The van der Waals surface area contributed by atoms with Crippen molar-refractivity contribution in [3.8, 4) is 0 Å². The fraction of sp³-hybridized carbons (Fsp3) is 0.700. The predicted molar refractivity (Wildman–Crippen MR) is 59.2 cm³/mol. The molecule has 0 aromatic rings. The Morgan fingerprint density at radius 3 is 2.41 bits per heavy atom. The zero-order chi connectivity index (χ0) is 13.0. The summed E-state index contributed by atoms with van der Waals surface area (Å²) in [5, 5.41) is 11.1. The fourth-order valence-corrected chi connectivity index (χ4v) is 1.59. The van der Waals surface area contributed by atoms with E-state index in [4.69, 9.17) is 10.8 Å². The first-order valence-electron chi connectivity index (χ1n) is 5.46. The number of carboxylic acids is 1. The first-order valence-corrected chi connectivity index (χ1v) is 5.46. The molecule has 3 amide bonds. The number of urea groups is 1. The highest BCUT2D eigenvalue weighted by atomic mass is 16.4. The Labute approximate surface area is 98.9 Å². The van der Waals surface area contributed by atoms with Crippen molar-refractivity contribution in [1.82, 2.24) is 10.2 Å². The minimum absolute atomic E-state index is 0.165. The number of carbonyl (C=O) groups is 3. The van der Waals surface area contributed by atoms with Gasteiger partial charge in [0.05, 0.1) is 6.42 Å². The topological polar surface area (TPSA) is 113 Å². The Kier molecular flexibility index (Phi) is 4.30. The zero-order valence-electron chi connectivity index (χ0n) is 9.68. The smallest absolute Gasteiger partial charge is 0.326 e. The molecule has 0 unspecified atom stereocenters. The van der Waals surface area contributed by atoms with Crippen LogP contribution in [0.3, 0.4) is 0 Å². The Bertz CT molecular complexity index is 328. The van der Waals surface area contributed by atoms with Crippen molar-refractivity contribution in [3.63, 3.8) is 0 Å². The highest BCUT2D eigenvalue weighted by Gasteiger charge is 2.29. The summed E-state index contributed by atoms with van der Waals surface area (Å²) >= 11 is 0. The Morgan fingerprint density at radius 1 is 1.47 bits per heavy atom. The van der Waals surface area contributed by atoms with Crippen LogP contribution in [0.1, 0.15) is 25.7 Å². The molecule has 0 saturated heterocycles. The van der Waals surface area contributed by atoms with Crippen LogP contribution < -0.4 is 11.1 Å². The van der Waals surface area contributed by atoms with Crippen molar-refractivity contribution in [1.29, 1.82) is 0 Å². The molecular weight excluding hydrogens is 226 g/mol. The van der Waals surface area contributed by atoms with Gasteiger partial charge in [0.25, 0.3) is 0 Å². The maximum atomic E-state index is 11.7. The van der Waals surface area contributed by atoms with Crippen molar-refractivity contribution >= 4 is 17.9 Å². The van der Waals surface area contributed by atoms with Crippen LogP contribution in [-0.4, -0.2) is 47.0 Å². The van der Waals surface area contributed by atoms with Gasteiger partial charge in [0.2, 0.25) is 5.91 Å². The van der Waals surface area contributed by atoms with Gasteiger partial charge in [0, 0.05) is 13.1 Å². The molecule has 1 saturated carbocycles. The van der Waals surface area contributed by atoms with Crippen LogP contribution in [-0.2, 0) is 9.59 Å². The monoisotopic (exact) mass is 243 g/mol. The number of primary amides is 1. The second-order valence-corrected chi connectivity index (χ2v) is 4.21. The van der Waals surface area contributed by atoms with E-state index in [9.17, 15) is 14.4 Å². The van der Waals surface area contributed by atoms with Gasteiger partial charge in [-0.3, -0.25) is 4.79 Å². The number of amides is 3. The lowest BCUT2D eigenvalue weighted by Gasteiger charge is -2.35. The molecule has 1 aliphatic rings. The van der Waals surface area contributed by atoms with Gasteiger partial charge < -0.3 is 21.1 Å². The number of carbonyl (C=O) groups excluding carboxylic acids is 2. The average molecular weight is 243 g/mol.